The summed E-state index contributed by atoms with van der Waals surface area (Å²) in [5.41, 5.74) is 2.03. The van der Waals surface area contributed by atoms with Crippen LogP contribution in [0.25, 0.3) is 0 Å². The van der Waals surface area contributed by atoms with Crippen LogP contribution >= 0.6 is 11.3 Å². The summed E-state index contributed by atoms with van der Waals surface area (Å²) in [5.74, 6) is 5.33. The predicted molar refractivity (Wildman–Crippen MR) is 79.9 cm³/mol. The van der Waals surface area contributed by atoms with Crippen molar-refractivity contribution in [1.82, 2.24) is 4.90 Å². The van der Waals surface area contributed by atoms with Crippen LogP contribution in [0.5, 0.6) is 0 Å². The van der Waals surface area contributed by atoms with Crippen molar-refractivity contribution in [2.45, 2.75) is 13.1 Å². The van der Waals surface area contributed by atoms with Crippen molar-refractivity contribution in [2.75, 3.05) is 13.7 Å². The first-order valence-corrected chi connectivity index (χ1v) is 7.15. The number of aliphatic hydroxyl groups is 1. The number of nitrogens with zero attached hydrogens (tertiary/aromatic N) is 1. The minimum absolute atomic E-state index is 0.115. The number of halogens is 1. The Kier molecular flexibility index (Phi) is 5.31. The first kappa shape index (κ1) is 14.7. The molecule has 0 radical (unpaired) electrons. The maximum absolute atomic E-state index is 12.8. The highest BCUT2D eigenvalue weighted by atomic mass is 32.1. The first-order valence-electron chi connectivity index (χ1n) is 6.27. The quantitative estimate of drug-likeness (QED) is 0.875. The third-order valence-electron chi connectivity index (χ3n) is 2.76. The van der Waals surface area contributed by atoms with E-state index in [0.29, 0.717) is 0 Å². The zero-order valence-corrected chi connectivity index (χ0v) is 12.1. The summed E-state index contributed by atoms with van der Waals surface area (Å²) in [5, 5.41) is 10.6. The Labute approximate surface area is 122 Å². The van der Waals surface area contributed by atoms with Crippen LogP contribution in [0.15, 0.2) is 35.7 Å². The van der Waals surface area contributed by atoms with Crippen LogP contribution in [0.2, 0.25) is 0 Å². The van der Waals surface area contributed by atoms with Crippen molar-refractivity contribution < 1.29 is 9.50 Å². The van der Waals surface area contributed by atoms with E-state index in [1.807, 2.05) is 18.5 Å². The predicted octanol–water partition coefficient (Wildman–Crippen LogP) is 2.86. The smallest absolute Gasteiger partial charge is 0.123 e. The molecular weight excluding hydrogens is 273 g/mol. The Bertz CT molecular complexity index is 609. The normalized spacial score (nSPS) is 10.4. The summed E-state index contributed by atoms with van der Waals surface area (Å²) < 4.78 is 12.8. The van der Waals surface area contributed by atoms with Crippen LogP contribution in [0.1, 0.15) is 16.0 Å². The van der Waals surface area contributed by atoms with Gasteiger partial charge in [-0.1, -0.05) is 24.0 Å². The molecule has 0 atom stereocenters. The molecule has 0 saturated heterocycles. The van der Waals surface area contributed by atoms with Crippen molar-refractivity contribution >= 4 is 11.3 Å². The molecular formula is C16H16FNOS. The highest BCUT2D eigenvalue weighted by Gasteiger charge is 2.04. The summed E-state index contributed by atoms with van der Waals surface area (Å²) in [4.78, 5) is 3.39. The topological polar surface area (TPSA) is 23.5 Å². The number of hydrogen-bond acceptors (Lipinski definition) is 3. The van der Waals surface area contributed by atoms with Gasteiger partial charge >= 0.3 is 0 Å². The van der Waals surface area contributed by atoms with Gasteiger partial charge < -0.3 is 5.11 Å². The largest absolute Gasteiger partial charge is 0.384 e. The molecule has 2 nitrogen and oxygen atoms in total. The Morgan fingerprint density at radius 2 is 2.00 bits per heavy atom. The maximum Gasteiger partial charge on any atom is 0.123 e. The van der Waals surface area contributed by atoms with Gasteiger partial charge in [-0.2, -0.15) is 0 Å². The average molecular weight is 289 g/mol. The fourth-order valence-electron chi connectivity index (χ4n) is 1.89. The van der Waals surface area contributed by atoms with Gasteiger partial charge in [-0.05, 0) is 30.8 Å². The Hall–Kier alpha value is -1.67. The standard InChI is InChI=1S/C16H16FNOS/c1-18(10-13-4-6-15(17)7-5-13)11-16-9-14(12-20-16)3-2-8-19/h4-7,9,12,19H,8,10-11H2,1H3. The van der Waals surface area contributed by atoms with Crippen molar-refractivity contribution in [3.05, 3.63) is 57.5 Å². The summed E-state index contributed by atoms with van der Waals surface area (Å²) in [7, 11) is 2.03. The van der Waals surface area contributed by atoms with Gasteiger partial charge in [0.15, 0.2) is 0 Å². The molecule has 0 aliphatic carbocycles. The molecule has 0 aliphatic heterocycles. The van der Waals surface area contributed by atoms with E-state index >= 15 is 0 Å². The minimum Gasteiger partial charge on any atom is -0.384 e. The second kappa shape index (κ2) is 7.20. The molecule has 0 amide bonds. The van der Waals surface area contributed by atoms with Crippen molar-refractivity contribution in [2.24, 2.45) is 0 Å². The molecule has 104 valence electrons. The summed E-state index contributed by atoms with van der Waals surface area (Å²) in [6, 6.07) is 8.61. The third kappa shape index (κ3) is 4.46. The molecule has 20 heavy (non-hydrogen) atoms. The van der Waals surface area contributed by atoms with Crippen molar-refractivity contribution in [3.63, 3.8) is 0 Å². The Morgan fingerprint density at radius 1 is 1.25 bits per heavy atom. The molecule has 2 aromatic rings. The zero-order chi connectivity index (χ0) is 14.4. The monoisotopic (exact) mass is 289 g/mol. The fourth-order valence-corrected chi connectivity index (χ4v) is 2.79. The average Bonchev–Trinajstić information content (AvgIpc) is 2.86. The van der Waals surface area contributed by atoms with Gasteiger partial charge in [0.1, 0.15) is 12.4 Å². The van der Waals surface area contributed by atoms with Gasteiger partial charge in [0.05, 0.1) is 0 Å². The van der Waals surface area contributed by atoms with E-state index in [0.717, 1.165) is 24.2 Å². The second-order valence-corrected chi connectivity index (χ2v) is 5.56. The number of benzene rings is 1. The minimum atomic E-state index is -0.207. The molecule has 0 unspecified atom stereocenters. The van der Waals surface area contributed by atoms with Crippen LogP contribution in [0.3, 0.4) is 0 Å². The van der Waals surface area contributed by atoms with E-state index in [-0.39, 0.29) is 12.4 Å². The van der Waals surface area contributed by atoms with E-state index < -0.39 is 0 Å². The Balaban J connectivity index is 1.92. The lowest BCUT2D eigenvalue weighted by atomic mass is 10.2. The van der Waals surface area contributed by atoms with Crippen LogP contribution in [-0.2, 0) is 13.1 Å². The summed E-state index contributed by atoms with van der Waals surface area (Å²) in [6.07, 6.45) is 0. The van der Waals surface area contributed by atoms with Crippen LogP contribution in [0, 0.1) is 17.7 Å². The van der Waals surface area contributed by atoms with Gasteiger partial charge in [0.2, 0.25) is 0 Å². The molecule has 1 aromatic heterocycles. The zero-order valence-electron chi connectivity index (χ0n) is 11.3. The van der Waals surface area contributed by atoms with E-state index in [2.05, 4.69) is 16.7 Å². The van der Waals surface area contributed by atoms with Crippen LogP contribution in [0.4, 0.5) is 4.39 Å². The maximum atomic E-state index is 12.8. The lowest BCUT2D eigenvalue weighted by Crippen LogP contribution is -2.16. The fraction of sp³-hybridized carbons (Fsp3) is 0.250. The number of hydrogen-bond donors (Lipinski definition) is 1. The molecule has 1 aromatic carbocycles. The summed E-state index contributed by atoms with van der Waals surface area (Å²) >= 11 is 1.66. The number of aliphatic hydroxyl groups excluding tert-OH is 1. The summed E-state index contributed by atoms with van der Waals surface area (Å²) in [6.45, 7) is 1.48. The van der Waals surface area contributed by atoms with Crippen molar-refractivity contribution in [3.8, 4) is 11.8 Å². The molecule has 4 heteroatoms. The van der Waals surface area contributed by atoms with Gasteiger partial charge in [-0.15, -0.1) is 11.3 Å². The van der Waals surface area contributed by atoms with E-state index in [1.165, 1.54) is 17.0 Å². The number of rotatable bonds is 4. The van der Waals surface area contributed by atoms with Crippen LogP contribution in [-0.4, -0.2) is 23.7 Å². The lowest BCUT2D eigenvalue weighted by molar-refractivity contribution is 0.322. The third-order valence-corrected chi connectivity index (χ3v) is 3.68. The van der Waals surface area contributed by atoms with Crippen LogP contribution < -0.4 is 0 Å². The number of thiophene rings is 1. The van der Waals surface area contributed by atoms with Crippen molar-refractivity contribution in [1.29, 1.82) is 0 Å². The Morgan fingerprint density at radius 3 is 2.70 bits per heavy atom. The molecule has 0 saturated carbocycles. The molecule has 0 fully saturated rings. The first-order chi connectivity index (χ1) is 9.67. The van der Waals surface area contributed by atoms with Gasteiger partial charge in [0.25, 0.3) is 0 Å². The molecule has 0 bridgehead atoms. The highest BCUT2D eigenvalue weighted by Crippen LogP contribution is 2.17. The van der Waals surface area contributed by atoms with E-state index in [1.54, 1.807) is 23.5 Å². The second-order valence-electron chi connectivity index (χ2n) is 4.56. The molecule has 2 rings (SSSR count). The SMILES string of the molecule is CN(Cc1ccc(F)cc1)Cc1cc(C#CCO)cs1. The molecule has 0 aliphatic rings. The highest BCUT2D eigenvalue weighted by molar-refractivity contribution is 7.10. The van der Waals surface area contributed by atoms with Gasteiger partial charge in [-0.3, -0.25) is 4.90 Å². The van der Waals surface area contributed by atoms with Gasteiger partial charge in [-0.25, -0.2) is 4.39 Å². The van der Waals surface area contributed by atoms with E-state index in [4.69, 9.17) is 5.11 Å². The molecule has 0 spiro atoms. The molecule has 1 heterocycles. The van der Waals surface area contributed by atoms with E-state index in [9.17, 15) is 4.39 Å². The van der Waals surface area contributed by atoms with Gasteiger partial charge in [0, 0.05) is 28.9 Å². The lowest BCUT2D eigenvalue weighted by Gasteiger charge is -2.15. The molecule has 1 N–H and O–H groups in total.